The summed E-state index contributed by atoms with van der Waals surface area (Å²) >= 11 is 5.73. The van der Waals surface area contributed by atoms with Gasteiger partial charge in [-0.05, 0) is 73.0 Å². The highest BCUT2D eigenvalue weighted by atomic mass is 32.2. The predicted octanol–water partition coefficient (Wildman–Crippen LogP) is 5.11. The van der Waals surface area contributed by atoms with E-state index in [2.05, 4.69) is 24.0 Å². The van der Waals surface area contributed by atoms with Gasteiger partial charge < -0.3 is 15.2 Å². The smallest absolute Gasteiger partial charge is 0.341 e. The van der Waals surface area contributed by atoms with E-state index in [9.17, 15) is 4.79 Å². The zero-order chi connectivity index (χ0) is 22.6. The number of ether oxygens (including phenoxy) is 1. The number of carboxylic acids is 1. The third kappa shape index (κ3) is 8.02. The molecule has 3 aromatic carbocycles. The highest BCUT2D eigenvalue weighted by Crippen LogP contribution is 2.33. The third-order valence-electron chi connectivity index (χ3n) is 4.15. The maximum Gasteiger partial charge on any atom is 0.341 e. The first kappa shape index (κ1) is 24.4. The monoisotopic (exact) mass is 452 g/mol. The number of carboxylic acid groups (broad SMARTS) is 1. The van der Waals surface area contributed by atoms with Gasteiger partial charge in [-0.25, -0.2) is 4.79 Å². The van der Waals surface area contributed by atoms with Crippen LogP contribution in [0.4, 0.5) is 0 Å². The third-order valence-corrected chi connectivity index (χ3v) is 5.18. The molecule has 0 aliphatic carbocycles. The van der Waals surface area contributed by atoms with Crippen LogP contribution in [0.5, 0.6) is 5.75 Å². The Morgan fingerprint density at radius 3 is 2.52 bits per heavy atom. The van der Waals surface area contributed by atoms with E-state index in [1.165, 1.54) is 0 Å². The molecule has 31 heavy (non-hydrogen) atoms. The van der Waals surface area contributed by atoms with Gasteiger partial charge in [-0.2, -0.15) is 5.26 Å². The lowest BCUT2D eigenvalue weighted by Crippen LogP contribution is -2.10. The highest BCUT2D eigenvalue weighted by Gasteiger charge is 2.10. The summed E-state index contributed by atoms with van der Waals surface area (Å²) in [5, 5.41) is 20.3. The molecule has 0 heterocycles. The number of benzene rings is 3. The van der Waals surface area contributed by atoms with Crippen LogP contribution in [0.1, 0.15) is 11.1 Å². The van der Waals surface area contributed by atoms with Crippen LogP contribution >= 0.6 is 24.4 Å². The van der Waals surface area contributed by atoms with Crippen LogP contribution in [0.25, 0.3) is 11.1 Å². The number of hydrogen-bond donors (Lipinski definition) is 3. The first-order valence-electron chi connectivity index (χ1n) is 9.42. The minimum absolute atomic E-state index is 0.347. The van der Waals surface area contributed by atoms with E-state index in [1.807, 2.05) is 55.8 Å². The van der Waals surface area contributed by atoms with E-state index in [0.717, 1.165) is 33.0 Å². The molecule has 2 N–H and O–H groups in total. The molecule has 3 aromatic rings. The molecule has 0 radical (unpaired) electrons. The largest absolute Gasteiger partial charge is 0.481 e. The van der Waals surface area contributed by atoms with Crippen molar-refractivity contribution in [1.29, 1.82) is 5.26 Å². The van der Waals surface area contributed by atoms with Crippen molar-refractivity contribution in [1.82, 2.24) is 5.32 Å². The number of nitrogens with zero attached hydrogens (tertiary/aromatic N) is 1. The van der Waals surface area contributed by atoms with Crippen molar-refractivity contribution in [3.63, 3.8) is 0 Å². The van der Waals surface area contributed by atoms with Gasteiger partial charge in [0.2, 0.25) is 0 Å². The zero-order valence-electron chi connectivity index (χ0n) is 17.3. The minimum Gasteiger partial charge on any atom is -0.481 e. The molecule has 0 unspecified atom stereocenters. The fraction of sp³-hybridized carbons (Fsp3) is 0.167. The molecular weight excluding hydrogens is 428 g/mol. The summed E-state index contributed by atoms with van der Waals surface area (Å²) in [6.45, 7) is 0.398. The molecule has 5 nitrogen and oxygen atoms in total. The van der Waals surface area contributed by atoms with Crippen molar-refractivity contribution >= 4 is 30.4 Å². The van der Waals surface area contributed by atoms with E-state index >= 15 is 0 Å². The first-order chi connectivity index (χ1) is 15.0. The molecule has 3 rings (SSSR count). The summed E-state index contributed by atoms with van der Waals surface area (Å²) in [5.74, 6) is -0.399. The molecule has 0 aliphatic heterocycles. The van der Waals surface area contributed by atoms with Crippen molar-refractivity contribution in [3.05, 3.63) is 77.9 Å². The van der Waals surface area contributed by atoms with E-state index in [0.29, 0.717) is 11.3 Å². The van der Waals surface area contributed by atoms with Gasteiger partial charge in [-0.3, -0.25) is 0 Å². The number of thiol groups is 1. The molecule has 0 atom stereocenters. The lowest BCUT2D eigenvalue weighted by Gasteiger charge is -2.13. The highest BCUT2D eigenvalue weighted by molar-refractivity contribution is 7.98. The minimum atomic E-state index is -0.983. The van der Waals surface area contributed by atoms with Crippen molar-refractivity contribution in [2.45, 2.75) is 16.3 Å². The average molecular weight is 453 g/mol. The van der Waals surface area contributed by atoms with E-state index in [-0.39, 0.29) is 6.61 Å². The Kier molecular flexibility index (Phi) is 9.98. The molecule has 0 fully saturated rings. The van der Waals surface area contributed by atoms with E-state index in [1.54, 1.807) is 36.0 Å². The molecule has 0 spiro atoms. The second kappa shape index (κ2) is 12.7. The molecule has 7 heteroatoms. The zero-order valence-corrected chi connectivity index (χ0v) is 19.0. The molecule has 0 amide bonds. The Hall–Kier alpha value is -2.92. The van der Waals surface area contributed by atoms with Crippen LogP contribution in [-0.2, 0) is 11.3 Å². The van der Waals surface area contributed by atoms with Crippen molar-refractivity contribution < 1.29 is 14.6 Å². The van der Waals surface area contributed by atoms with Gasteiger partial charge in [0.05, 0.1) is 11.6 Å². The Balaban J connectivity index is 0.000000316. The Bertz CT molecular complexity index is 1050. The van der Waals surface area contributed by atoms with Gasteiger partial charge in [-0.15, -0.1) is 24.4 Å². The topological polar surface area (TPSA) is 82.3 Å². The van der Waals surface area contributed by atoms with Crippen LogP contribution in [0, 0.1) is 11.3 Å². The normalized spacial score (nSPS) is 9.87. The first-order valence-corrected chi connectivity index (χ1v) is 11.1. The number of aliphatic carboxylic acids is 1. The Morgan fingerprint density at radius 1 is 1.16 bits per heavy atom. The van der Waals surface area contributed by atoms with E-state index < -0.39 is 5.97 Å². The summed E-state index contributed by atoms with van der Waals surface area (Å²) < 4.78 is 5.43. The summed E-state index contributed by atoms with van der Waals surface area (Å²) in [4.78, 5) is 12.8. The maximum absolute atomic E-state index is 10.8. The summed E-state index contributed by atoms with van der Waals surface area (Å²) in [7, 11) is 1.89. The summed E-state index contributed by atoms with van der Waals surface area (Å²) in [5.41, 5.74) is 3.72. The average Bonchev–Trinajstić information content (AvgIpc) is 2.79. The second-order valence-corrected chi connectivity index (χ2v) is 7.83. The van der Waals surface area contributed by atoms with Crippen LogP contribution in [0.3, 0.4) is 0 Å². The number of thioether (sulfide) groups is 1. The van der Waals surface area contributed by atoms with Gasteiger partial charge in [0.25, 0.3) is 0 Å². The second-order valence-electron chi connectivity index (χ2n) is 6.43. The number of carbonyl (C=O) groups is 1. The van der Waals surface area contributed by atoms with Crippen molar-refractivity contribution in [2.75, 3.05) is 19.9 Å². The lowest BCUT2D eigenvalue weighted by molar-refractivity contribution is -0.139. The SMILES string of the molecule is CNCc1ccc(OCC(=O)O)c(-c2cccc(SC)c2)c1.N#Cc1ccc(S)cc1. The van der Waals surface area contributed by atoms with Gasteiger partial charge in [0.1, 0.15) is 5.75 Å². The molecule has 160 valence electrons. The fourth-order valence-corrected chi connectivity index (χ4v) is 3.32. The van der Waals surface area contributed by atoms with Gasteiger partial charge in [0.15, 0.2) is 6.61 Å². The van der Waals surface area contributed by atoms with Crippen LogP contribution < -0.4 is 10.1 Å². The molecule has 0 aromatic heterocycles. The molecule has 0 saturated heterocycles. The van der Waals surface area contributed by atoms with Crippen LogP contribution in [0.2, 0.25) is 0 Å². The standard InChI is InChI=1S/C17H19NO3S.C7H5NS/c1-18-10-12-6-7-16(21-11-17(19)20)15(8-12)13-4-3-5-14(9-13)22-2;8-5-6-1-3-7(9)4-2-6/h3-9,18H,10-11H2,1-2H3,(H,19,20);1-4,9H. The number of rotatable bonds is 7. The fourth-order valence-electron chi connectivity index (χ4n) is 2.71. The Morgan fingerprint density at radius 2 is 1.90 bits per heavy atom. The predicted molar refractivity (Wildman–Crippen MR) is 128 cm³/mol. The van der Waals surface area contributed by atoms with Gasteiger partial charge in [0, 0.05) is 21.9 Å². The summed E-state index contributed by atoms with van der Waals surface area (Å²) in [6.07, 6.45) is 2.03. The van der Waals surface area contributed by atoms with Crippen LogP contribution in [-0.4, -0.2) is 31.0 Å². The molecule has 0 saturated carbocycles. The lowest BCUT2D eigenvalue weighted by atomic mass is 10.0. The number of nitrogens with one attached hydrogen (secondary N) is 1. The quantitative estimate of drug-likeness (QED) is 0.342. The molecule has 0 bridgehead atoms. The van der Waals surface area contributed by atoms with Crippen molar-refractivity contribution in [2.24, 2.45) is 0 Å². The molecule has 0 aliphatic rings. The number of nitriles is 1. The number of hydrogen-bond acceptors (Lipinski definition) is 6. The van der Waals surface area contributed by atoms with Crippen LogP contribution in [0.15, 0.2) is 76.5 Å². The molecular formula is C24H24N2O3S2. The van der Waals surface area contributed by atoms with Gasteiger partial charge in [-0.1, -0.05) is 18.2 Å². The van der Waals surface area contributed by atoms with E-state index in [4.69, 9.17) is 15.1 Å². The van der Waals surface area contributed by atoms with Gasteiger partial charge >= 0.3 is 5.97 Å². The maximum atomic E-state index is 10.8. The van der Waals surface area contributed by atoms with Crippen molar-refractivity contribution in [3.8, 4) is 22.9 Å². The Labute approximate surface area is 192 Å². The summed E-state index contributed by atoms with van der Waals surface area (Å²) in [6, 6.07) is 23.0.